The Kier molecular flexibility index (Phi) is 6.06. The second-order valence-electron chi connectivity index (χ2n) is 5.61. The number of aryl methyl sites for hydroxylation is 1. The molecule has 0 bridgehead atoms. The molecule has 6 heteroatoms. The number of hydrogen-bond donors (Lipinski definition) is 1. The van der Waals surface area contributed by atoms with Gasteiger partial charge in [-0.15, -0.1) is 0 Å². The predicted molar refractivity (Wildman–Crippen MR) is 87.3 cm³/mol. The van der Waals surface area contributed by atoms with E-state index in [1.807, 2.05) is 6.92 Å². The third kappa shape index (κ3) is 3.98. The summed E-state index contributed by atoms with van der Waals surface area (Å²) in [5, 5.41) is 8.05. The van der Waals surface area contributed by atoms with E-state index >= 15 is 0 Å². The Morgan fingerprint density at radius 1 is 1.48 bits per heavy atom. The molecule has 0 aromatic carbocycles. The summed E-state index contributed by atoms with van der Waals surface area (Å²) in [4.78, 5) is 14.4. The van der Waals surface area contributed by atoms with Crippen molar-refractivity contribution in [1.82, 2.24) is 15.1 Å². The summed E-state index contributed by atoms with van der Waals surface area (Å²) < 4.78 is 1.45. The molecular formula is C15H25ClN4O. The first-order valence-electron chi connectivity index (χ1n) is 7.91. The maximum Gasteiger partial charge on any atom is 0.287 e. The quantitative estimate of drug-likeness (QED) is 0.839. The molecule has 21 heavy (non-hydrogen) atoms. The van der Waals surface area contributed by atoms with Gasteiger partial charge >= 0.3 is 0 Å². The maximum absolute atomic E-state index is 12.3. The molecule has 1 aromatic heterocycles. The van der Waals surface area contributed by atoms with Crippen LogP contribution in [0.5, 0.6) is 0 Å². The van der Waals surface area contributed by atoms with Crippen molar-refractivity contribution in [2.45, 2.75) is 52.1 Å². The number of aromatic nitrogens is 2. The largest absolute Gasteiger partial charge is 0.367 e. The van der Waals surface area contributed by atoms with Crippen molar-refractivity contribution in [1.29, 1.82) is 0 Å². The number of hydrogen-bond acceptors (Lipinski definition) is 4. The molecule has 2 rings (SSSR count). The zero-order valence-electron chi connectivity index (χ0n) is 12.9. The zero-order valence-corrected chi connectivity index (χ0v) is 13.7. The molecule has 0 aliphatic carbocycles. The first-order valence-corrected chi connectivity index (χ1v) is 8.29. The third-order valence-electron chi connectivity index (χ3n) is 3.84. The van der Waals surface area contributed by atoms with Gasteiger partial charge < -0.3 is 10.2 Å². The Hall–Kier alpha value is -1.07. The van der Waals surface area contributed by atoms with Crippen LogP contribution in [0.2, 0.25) is 5.02 Å². The fourth-order valence-electron chi connectivity index (χ4n) is 2.81. The molecule has 1 unspecified atom stereocenters. The summed E-state index contributed by atoms with van der Waals surface area (Å²) in [6.07, 6.45) is 6.02. The van der Waals surface area contributed by atoms with Crippen LogP contribution in [0.15, 0.2) is 11.0 Å². The average Bonchev–Trinajstić information content (AvgIpc) is 2.97. The van der Waals surface area contributed by atoms with Crippen LogP contribution in [-0.4, -0.2) is 35.5 Å². The Morgan fingerprint density at radius 3 is 2.90 bits per heavy atom. The second-order valence-corrected chi connectivity index (χ2v) is 5.99. The SMILES string of the molecule is CCCN(CC1CCCN1)c1cnn(CCC)c(=O)c1Cl. The van der Waals surface area contributed by atoms with Crippen LogP contribution in [0.25, 0.3) is 0 Å². The van der Waals surface area contributed by atoms with Crippen molar-refractivity contribution in [2.75, 3.05) is 24.5 Å². The Morgan fingerprint density at radius 2 is 2.29 bits per heavy atom. The lowest BCUT2D eigenvalue weighted by atomic mass is 10.2. The van der Waals surface area contributed by atoms with E-state index < -0.39 is 0 Å². The molecule has 1 fully saturated rings. The van der Waals surface area contributed by atoms with E-state index in [0.29, 0.717) is 17.6 Å². The Labute approximate surface area is 131 Å². The lowest BCUT2D eigenvalue weighted by molar-refractivity contribution is 0.557. The average molecular weight is 313 g/mol. The van der Waals surface area contributed by atoms with Crippen LogP contribution in [0.4, 0.5) is 5.69 Å². The summed E-state index contributed by atoms with van der Waals surface area (Å²) in [6.45, 7) is 7.61. The lowest BCUT2D eigenvalue weighted by Gasteiger charge is -2.28. The highest BCUT2D eigenvalue weighted by Gasteiger charge is 2.21. The van der Waals surface area contributed by atoms with Crippen molar-refractivity contribution < 1.29 is 0 Å². The van der Waals surface area contributed by atoms with E-state index in [1.54, 1.807) is 6.20 Å². The molecule has 1 N–H and O–H groups in total. The standard InChI is InChI=1S/C15H25ClN4O/c1-3-8-19(11-12-6-5-7-17-12)13-10-18-20(9-4-2)15(21)14(13)16/h10,12,17H,3-9,11H2,1-2H3. The van der Waals surface area contributed by atoms with Crippen molar-refractivity contribution in [2.24, 2.45) is 0 Å². The summed E-state index contributed by atoms with van der Waals surface area (Å²) in [5.41, 5.74) is 0.584. The third-order valence-corrected chi connectivity index (χ3v) is 4.19. The van der Waals surface area contributed by atoms with Gasteiger partial charge in [0.05, 0.1) is 11.9 Å². The molecule has 0 amide bonds. The second kappa shape index (κ2) is 7.80. The van der Waals surface area contributed by atoms with Crippen molar-refractivity contribution in [3.8, 4) is 0 Å². The number of halogens is 1. The van der Waals surface area contributed by atoms with Gasteiger partial charge in [-0.2, -0.15) is 5.10 Å². The minimum Gasteiger partial charge on any atom is -0.367 e. The van der Waals surface area contributed by atoms with Gasteiger partial charge in [0.1, 0.15) is 5.02 Å². The predicted octanol–water partition coefficient (Wildman–Crippen LogP) is 2.28. The van der Waals surface area contributed by atoms with Crippen LogP contribution in [0, 0.1) is 0 Å². The van der Waals surface area contributed by atoms with Crippen LogP contribution in [-0.2, 0) is 6.54 Å². The molecule has 1 atom stereocenters. The topological polar surface area (TPSA) is 50.2 Å². The minimum absolute atomic E-state index is 0.184. The Balaban J connectivity index is 2.22. The highest BCUT2D eigenvalue weighted by atomic mass is 35.5. The molecule has 0 saturated carbocycles. The fraction of sp³-hybridized carbons (Fsp3) is 0.733. The van der Waals surface area contributed by atoms with Gasteiger partial charge in [-0.1, -0.05) is 25.4 Å². The van der Waals surface area contributed by atoms with Gasteiger partial charge in [0, 0.05) is 25.7 Å². The molecule has 2 heterocycles. The zero-order chi connectivity index (χ0) is 15.2. The van der Waals surface area contributed by atoms with Crippen LogP contribution in [0.3, 0.4) is 0 Å². The van der Waals surface area contributed by atoms with Crippen LogP contribution in [0.1, 0.15) is 39.5 Å². The minimum atomic E-state index is -0.184. The molecule has 0 radical (unpaired) electrons. The van der Waals surface area contributed by atoms with Crippen molar-refractivity contribution in [3.05, 3.63) is 21.6 Å². The highest BCUT2D eigenvalue weighted by Crippen LogP contribution is 2.22. The summed E-state index contributed by atoms with van der Waals surface area (Å²) in [6, 6.07) is 0.477. The van der Waals surface area contributed by atoms with E-state index in [2.05, 4.69) is 22.2 Å². The van der Waals surface area contributed by atoms with E-state index in [-0.39, 0.29) is 5.56 Å². The molecule has 5 nitrogen and oxygen atoms in total. The smallest absolute Gasteiger partial charge is 0.287 e. The van der Waals surface area contributed by atoms with Crippen molar-refractivity contribution in [3.63, 3.8) is 0 Å². The number of nitrogens with zero attached hydrogens (tertiary/aromatic N) is 3. The first-order chi connectivity index (χ1) is 10.2. The van der Waals surface area contributed by atoms with Crippen molar-refractivity contribution >= 4 is 17.3 Å². The normalized spacial score (nSPS) is 18.1. The van der Waals surface area contributed by atoms with Gasteiger partial charge in [-0.25, -0.2) is 4.68 Å². The molecule has 1 aromatic rings. The van der Waals surface area contributed by atoms with E-state index in [4.69, 9.17) is 11.6 Å². The molecule has 0 spiro atoms. The van der Waals surface area contributed by atoms with E-state index in [1.165, 1.54) is 17.5 Å². The van der Waals surface area contributed by atoms with E-state index in [9.17, 15) is 4.79 Å². The lowest BCUT2D eigenvalue weighted by Crippen LogP contribution is -2.39. The molecule has 1 saturated heterocycles. The number of anilines is 1. The first kappa shape index (κ1) is 16.3. The highest BCUT2D eigenvalue weighted by molar-refractivity contribution is 6.33. The van der Waals surface area contributed by atoms with Crippen LogP contribution < -0.4 is 15.8 Å². The fourth-order valence-corrected chi connectivity index (χ4v) is 3.07. The van der Waals surface area contributed by atoms with Gasteiger partial charge in [-0.3, -0.25) is 4.79 Å². The number of rotatable bonds is 7. The van der Waals surface area contributed by atoms with Gasteiger partial charge in [0.25, 0.3) is 5.56 Å². The maximum atomic E-state index is 12.3. The van der Waals surface area contributed by atoms with Gasteiger partial charge in [-0.05, 0) is 32.2 Å². The van der Waals surface area contributed by atoms with Gasteiger partial charge in [0.2, 0.25) is 0 Å². The Bertz CT molecular complexity index is 511. The summed E-state index contributed by atoms with van der Waals surface area (Å²) >= 11 is 6.31. The summed E-state index contributed by atoms with van der Waals surface area (Å²) in [7, 11) is 0. The summed E-state index contributed by atoms with van der Waals surface area (Å²) in [5.74, 6) is 0. The van der Waals surface area contributed by atoms with E-state index in [0.717, 1.165) is 38.2 Å². The number of nitrogens with one attached hydrogen (secondary N) is 1. The monoisotopic (exact) mass is 312 g/mol. The van der Waals surface area contributed by atoms with Gasteiger partial charge in [0.15, 0.2) is 0 Å². The molecular weight excluding hydrogens is 288 g/mol. The molecule has 1 aliphatic rings. The molecule has 118 valence electrons. The van der Waals surface area contributed by atoms with Crippen LogP contribution >= 0.6 is 11.6 Å². The molecule has 1 aliphatic heterocycles.